The maximum absolute atomic E-state index is 13.2. The van der Waals surface area contributed by atoms with Crippen molar-refractivity contribution in [2.75, 3.05) is 39.6 Å². The molecule has 40 atom stereocenters. The second kappa shape index (κ2) is 33.8. The van der Waals surface area contributed by atoms with Gasteiger partial charge >= 0.3 is 0 Å². The van der Waals surface area contributed by atoms with Crippen molar-refractivity contribution in [3.63, 3.8) is 0 Å². The van der Waals surface area contributed by atoms with Gasteiger partial charge in [-0.2, -0.15) is 0 Å². The van der Waals surface area contributed by atoms with Gasteiger partial charge in [-0.25, -0.2) is 0 Å². The molecule has 0 spiro atoms. The van der Waals surface area contributed by atoms with E-state index in [0.29, 0.717) is 0 Å². The van der Waals surface area contributed by atoms with Crippen LogP contribution in [0, 0.1) is 0 Å². The molecule has 0 radical (unpaired) electrons. The van der Waals surface area contributed by atoms with Crippen molar-refractivity contribution < 1.29 is 193 Å². The molecule has 0 aromatic rings. The van der Waals surface area contributed by atoms with Gasteiger partial charge in [0.2, 0.25) is 17.7 Å². The Morgan fingerprint density at radius 3 is 1.18 bits per heavy atom. The number of amides is 3. The summed E-state index contributed by atoms with van der Waals surface area (Å²) in [6, 6.07) is -5.26. The van der Waals surface area contributed by atoms with Crippen LogP contribution < -0.4 is 16.0 Å². The molecule has 556 valence electrons. The van der Waals surface area contributed by atoms with Gasteiger partial charge in [-0.15, -0.1) is 0 Å². The van der Waals surface area contributed by atoms with E-state index in [9.17, 15) is 122 Å². The van der Waals surface area contributed by atoms with Crippen LogP contribution in [0.25, 0.3) is 0 Å². The molecular weight excluding hydrogens is 1310 g/mol. The average molecular weight is 1410 g/mol. The fourth-order valence-electron chi connectivity index (χ4n) is 12.5. The van der Waals surface area contributed by atoms with Gasteiger partial charge in [-0.3, -0.25) is 14.4 Å². The van der Waals surface area contributed by atoms with Crippen LogP contribution in [-0.4, -0.2) is 410 Å². The van der Waals surface area contributed by atoms with E-state index in [1.165, 1.54) is 13.8 Å². The highest BCUT2D eigenvalue weighted by molar-refractivity contribution is 5.74. The van der Waals surface area contributed by atoms with Crippen LogP contribution in [0.15, 0.2) is 0 Å². The standard InChI is InChI=1S/C54H91N3O39/c1-12-26(66)33(73)37(77)50(83-12)93-43-24(56-15(4)64)47(81)85-22(31(43)71)11-82-48-23(55-14(3)63)32(72)41(20(9-61)89-48)91-53-40(80)45(30(70)19(8-60)87-53)95-54-46(36(76)29(69)18(7-59)88-54)96-49-25(57-16(5)65)44(94-51-38(78)34(74)27(67)13(2)84-51)42(21(10-62)90-49)92-52-39(79)35(75)28(68)17(6-58)86-52/h12-13,17-54,58-62,66-81H,6-11H2,1-5H3,(H,55,63)(H,56,64)(H,57,65)/t12-,13-,17+,18+,19+,20+,21+,22+,23+,24+,25+,26+,27+,28-,29+,30+,31+,32+,33+,34+,35-,36-,37-,38-,39+,40-,41+,42+,43+,44+,45-,46-,47?,48+,49-,50-,51-,52-,53-,54+/m0/s1. The second-order valence-corrected chi connectivity index (χ2v) is 24.6. The molecule has 42 nitrogen and oxygen atoms in total. The maximum Gasteiger partial charge on any atom is 0.217 e. The first kappa shape index (κ1) is 78.7. The highest BCUT2D eigenvalue weighted by Crippen LogP contribution is 2.39. The van der Waals surface area contributed by atoms with E-state index in [-0.39, 0.29) is 0 Å². The summed E-state index contributed by atoms with van der Waals surface area (Å²) in [5.74, 6) is -2.55. The van der Waals surface area contributed by atoms with Crippen LogP contribution in [-0.2, 0) is 85.4 Å². The molecule has 8 fully saturated rings. The highest BCUT2D eigenvalue weighted by Gasteiger charge is 2.60. The Morgan fingerprint density at radius 2 is 0.656 bits per heavy atom. The first-order valence-electron chi connectivity index (χ1n) is 30.8. The Labute approximate surface area is 545 Å². The average Bonchev–Trinajstić information content (AvgIpc) is 0.770. The molecule has 8 saturated heterocycles. The van der Waals surface area contributed by atoms with Crippen molar-refractivity contribution in [3.05, 3.63) is 0 Å². The number of hydrogen-bond donors (Lipinski definition) is 24. The fraction of sp³-hybridized carbons (Fsp3) is 0.944. The van der Waals surface area contributed by atoms with Crippen LogP contribution in [0.4, 0.5) is 0 Å². The van der Waals surface area contributed by atoms with E-state index in [1.807, 2.05) is 0 Å². The van der Waals surface area contributed by atoms with Crippen LogP contribution in [0.2, 0.25) is 0 Å². The van der Waals surface area contributed by atoms with Gasteiger partial charge in [-0.05, 0) is 13.8 Å². The minimum atomic E-state index is -2.36. The number of nitrogens with one attached hydrogen (secondary N) is 3. The van der Waals surface area contributed by atoms with Crippen LogP contribution in [0.3, 0.4) is 0 Å². The van der Waals surface area contributed by atoms with Gasteiger partial charge in [0.25, 0.3) is 0 Å². The molecule has 8 aliphatic heterocycles. The largest absolute Gasteiger partial charge is 0.394 e. The van der Waals surface area contributed by atoms with Crippen LogP contribution in [0.5, 0.6) is 0 Å². The molecule has 96 heavy (non-hydrogen) atoms. The fourth-order valence-corrected chi connectivity index (χ4v) is 12.5. The Hall–Kier alpha value is -3.03. The van der Waals surface area contributed by atoms with Gasteiger partial charge < -0.3 is 194 Å². The Balaban J connectivity index is 1.04. The molecule has 3 amide bonds. The molecule has 0 bridgehead atoms. The summed E-state index contributed by atoms with van der Waals surface area (Å²) in [7, 11) is 0. The maximum atomic E-state index is 13.2. The lowest BCUT2D eigenvalue weighted by Gasteiger charge is -2.52. The number of aliphatic hydroxyl groups excluding tert-OH is 21. The first-order valence-corrected chi connectivity index (χ1v) is 30.8. The Morgan fingerprint density at radius 1 is 0.292 bits per heavy atom. The van der Waals surface area contributed by atoms with Gasteiger partial charge in [0.15, 0.2) is 50.3 Å². The third-order valence-corrected chi connectivity index (χ3v) is 17.8. The molecule has 0 aliphatic carbocycles. The molecule has 8 aliphatic rings. The molecule has 8 heterocycles. The number of hydrogen-bond acceptors (Lipinski definition) is 39. The lowest BCUT2D eigenvalue weighted by atomic mass is 9.93. The lowest BCUT2D eigenvalue weighted by Crippen LogP contribution is -2.71. The lowest BCUT2D eigenvalue weighted by molar-refractivity contribution is -0.401. The quantitative estimate of drug-likeness (QED) is 0.0452. The first-order chi connectivity index (χ1) is 45.3. The molecule has 0 aromatic carbocycles. The third kappa shape index (κ3) is 17.0. The van der Waals surface area contributed by atoms with E-state index in [4.69, 9.17) is 71.1 Å². The predicted octanol–water partition coefficient (Wildman–Crippen LogP) is -16.0. The number of aliphatic hydroxyl groups is 21. The summed E-state index contributed by atoms with van der Waals surface area (Å²) in [6.07, 6.45) is -71.5. The van der Waals surface area contributed by atoms with Crippen LogP contribution >= 0.6 is 0 Å². The van der Waals surface area contributed by atoms with Gasteiger partial charge in [0.1, 0.15) is 183 Å². The molecule has 8 rings (SSSR count). The van der Waals surface area contributed by atoms with E-state index in [2.05, 4.69) is 16.0 Å². The second-order valence-electron chi connectivity index (χ2n) is 24.6. The normalized spacial score (nSPS) is 50.3. The SMILES string of the molecule is CC(=O)N[C@H]1[C@H](OC[C@H]2OC(O)[C@H](NC(C)=O)[C@@H](O[C@@H]3O[C@@H](C)[C@@H](O)[C@@H](O)[C@@H]3O)[C@@H]2O)O[C@H](CO)[C@@H](O[C@@H]2O[C@H](CO)[C@@H](O)[C@H](O[C@H]3O[C@H](CO)[C@@H](O)[C@H](O)[C@@H]3O[C@@H]3O[C@H](CO)[C@@H](O[C@@H]4O[C@H](CO)[C@H](O)[C@H](O)[C@H]4O)[C@H](O[C@@H]4O[C@@H](C)[C@@H](O)[C@@H](O)[C@@H]4O)[C@H]3NC(C)=O)[C@@H]2O)[C@@H]1O. The van der Waals surface area contributed by atoms with E-state index < -0.39 is 303 Å². The minimum Gasteiger partial charge on any atom is -0.394 e. The summed E-state index contributed by atoms with van der Waals surface area (Å²) in [4.78, 5) is 38.2. The highest BCUT2D eigenvalue weighted by atomic mass is 16.8. The third-order valence-electron chi connectivity index (χ3n) is 17.8. The van der Waals surface area contributed by atoms with Crippen LogP contribution in [0.1, 0.15) is 34.6 Å². The van der Waals surface area contributed by atoms with Crippen molar-refractivity contribution in [2.45, 2.75) is 280 Å². The zero-order valence-corrected chi connectivity index (χ0v) is 52.1. The number of rotatable bonds is 23. The molecule has 24 N–H and O–H groups in total. The Bertz CT molecular complexity index is 2470. The number of carbonyl (C=O) groups excluding carboxylic acids is 3. The molecular formula is C54H91N3O39. The summed E-state index contributed by atoms with van der Waals surface area (Å²) in [6.45, 7) is -0.587. The van der Waals surface area contributed by atoms with Crippen molar-refractivity contribution in [1.82, 2.24) is 16.0 Å². The zero-order valence-electron chi connectivity index (χ0n) is 52.1. The molecule has 42 heteroatoms. The molecule has 1 unspecified atom stereocenters. The van der Waals surface area contributed by atoms with Crippen molar-refractivity contribution in [3.8, 4) is 0 Å². The molecule has 0 aromatic heterocycles. The minimum absolute atomic E-state index is 0.752. The zero-order chi connectivity index (χ0) is 70.8. The summed E-state index contributed by atoms with van der Waals surface area (Å²) < 4.78 is 88.3. The van der Waals surface area contributed by atoms with Gasteiger partial charge in [-0.1, -0.05) is 0 Å². The smallest absolute Gasteiger partial charge is 0.217 e. The van der Waals surface area contributed by atoms with E-state index >= 15 is 0 Å². The molecule has 0 saturated carbocycles. The van der Waals surface area contributed by atoms with Gasteiger partial charge in [0.05, 0.1) is 51.8 Å². The topological polar surface area (TPSA) is 651 Å². The summed E-state index contributed by atoms with van der Waals surface area (Å²) >= 11 is 0. The van der Waals surface area contributed by atoms with Crippen molar-refractivity contribution in [1.29, 1.82) is 0 Å². The van der Waals surface area contributed by atoms with E-state index in [1.54, 1.807) is 0 Å². The predicted molar refractivity (Wildman–Crippen MR) is 296 cm³/mol. The Kier molecular flexibility index (Phi) is 27.7. The summed E-state index contributed by atoms with van der Waals surface area (Å²) in [5, 5.41) is 238. The van der Waals surface area contributed by atoms with Crippen molar-refractivity contribution >= 4 is 17.7 Å². The number of carbonyl (C=O) groups is 3. The van der Waals surface area contributed by atoms with Crippen molar-refractivity contribution in [2.24, 2.45) is 0 Å². The van der Waals surface area contributed by atoms with E-state index in [0.717, 1.165) is 20.8 Å². The summed E-state index contributed by atoms with van der Waals surface area (Å²) in [5.41, 5.74) is 0. The van der Waals surface area contributed by atoms with Gasteiger partial charge in [0, 0.05) is 20.8 Å². The number of ether oxygens (including phenoxy) is 15. The monoisotopic (exact) mass is 1410 g/mol.